The van der Waals surface area contributed by atoms with Gasteiger partial charge in [-0.05, 0) is 25.5 Å². The van der Waals surface area contributed by atoms with Crippen molar-refractivity contribution in [2.24, 2.45) is 0 Å². The number of nitrogens with one attached hydrogen (secondary N) is 2. The van der Waals surface area contributed by atoms with Crippen LogP contribution in [-0.4, -0.2) is 28.7 Å². The zero-order valence-electron chi connectivity index (χ0n) is 13.0. The van der Waals surface area contributed by atoms with E-state index in [1.54, 1.807) is 0 Å². The van der Waals surface area contributed by atoms with Crippen molar-refractivity contribution in [2.75, 3.05) is 0 Å². The van der Waals surface area contributed by atoms with Gasteiger partial charge in [0.25, 0.3) is 5.91 Å². The smallest absolute Gasteiger partial charge is 0.355 e. The van der Waals surface area contributed by atoms with Crippen molar-refractivity contribution >= 4 is 17.7 Å². The van der Waals surface area contributed by atoms with Crippen LogP contribution in [0.15, 0.2) is 42.6 Å². The number of hydrogen-bond donors (Lipinski definition) is 2. The van der Waals surface area contributed by atoms with E-state index in [4.69, 9.17) is 4.74 Å². The van der Waals surface area contributed by atoms with Crippen LogP contribution in [0.2, 0.25) is 0 Å². The van der Waals surface area contributed by atoms with E-state index in [9.17, 15) is 14.4 Å². The van der Waals surface area contributed by atoms with Crippen LogP contribution in [-0.2, 0) is 16.1 Å². The lowest BCUT2D eigenvalue weighted by molar-refractivity contribution is -0.129. The molecule has 1 aromatic carbocycles. The van der Waals surface area contributed by atoms with Crippen molar-refractivity contribution in [1.29, 1.82) is 0 Å². The molecule has 1 heterocycles. The Morgan fingerprint density at radius 3 is 2.52 bits per heavy atom. The summed E-state index contributed by atoms with van der Waals surface area (Å²) in [4.78, 5) is 37.7. The Hall–Kier alpha value is -2.89. The maximum atomic E-state index is 11.9. The van der Waals surface area contributed by atoms with Gasteiger partial charge in [0, 0.05) is 18.3 Å². The van der Waals surface area contributed by atoms with Gasteiger partial charge in [-0.3, -0.25) is 9.59 Å². The second-order valence-corrected chi connectivity index (χ2v) is 5.11. The maximum absolute atomic E-state index is 11.9. The van der Waals surface area contributed by atoms with Crippen molar-refractivity contribution in [3.05, 3.63) is 59.4 Å². The molecule has 0 aliphatic carbocycles. The molecular formula is C17H18N2O4. The lowest BCUT2D eigenvalue weighted by Gasteiger charge is -2.13. The number of Topliss-reactive ketones (excluding diaryl/α,β-unsaturated/α-hetero) is 1. The zero-order valence-corrected chi connectivity index (χ0v) is 13.0. The van der Waals surface area contributed by atoms with Gasteiger partial charge in [-0.25, -0.2) is 4.79 Å². The predicted molar refractivity (Wildman–Crippen MR) is 84.0 cm³/mol. The normalized spacial score (nSPS) is 11.6. The molecule has 6 heteroatoms. The minimum atomic E-state index is -0.935. The highest BCUT2D eigenvalue weighted by Crippen LogP contribution is 2.07. The number of amides is 1. The Kier molecular flexibility index (Phi) is 5.30. The summed E-state index contributed by atoms with van der Waals surface area (Å²) in [6.07, 6.45) is 0.495. The molecule has 0 spiro atoms. The van der Waals surface area contributed by atoms with Crippen LogP contribution < -0.4 is 5.32 Å². The number of aromatic nitrogens is 1. The summed E-state index contributed by atoms with van der Waals surface area (Å²) in [6, 6.07) is 10.8. The van der Waals surface area contributed by atoms with Gasteiger partial charge in [0.1, 0.15) is 5.69 Å². The number of carbonyl (C=O) groups excluding carboxylic acids is 3. The van der Waals surface area contributed by atoms with E-state index in [-0.39, 0.29) is 17.4 Å². The molecule has 120 valence electrons. The quantitative estimate of drug-likeness (QED) is 0.631. The fourth-order valence-electron chi connectivity index (χ4n) is 1.92. The number of esters is 1. The number of ether oxygens (including phenoxy) is 1. The second-order valence-electron chi connectivity index (χ2n) is 5.11. The number of hydrogen-bond acceptors (Lipinski definition) is 4. The van der Waals surface area contributed by atoms with Gasteiger partial charge in [0.15, 0.2) is 11.9 Å². The molecule has 2 rings (SSSR count). The third-order valence-electron chi connectivity index (χ3n) is 3.27. The van der Waals surface area contributed by atoms with Gasteiger partial charge in [-0.1, -0.05) is 30.3 Å². The molecule has 0 unspecified atom stereocenters. The molecule has 6 nitrogen and oxygen atoms in total. The van der Waals surface area contributed by atoms with Crippen molar-refractivity contribution in [2.45, 2.75) is 26.5 Å². The van der Waals surface area contributed by atoms with E-state index in [2.05, 4.69) is 10.3 Å². The molecule has 2 aromatic rings. The first-order valence-corrected chi connectivity index (χ1v) is 7.19. The Morgan fingerprint density at radius 1 is 1.22 bits per heavy atom. The fraction of sp³-hybridized carbons (Fsp3) is 0.235. The fourth-order valence-corrected chi connectivity index (χ4v) is 1.92. The molecule has 0 saturated carbocycles. The predicted octanol–water partition coefficient (Wildman–Crippen LogP) is 2.08. The van der Waals surface area contributed by atoms with Gasteiger partial charge < -0.3 is 15.0 Å². The van der Waals surface area contributed by atoms with Crippen LogP contribution in [0.3, 0.4) is 0 Å². The van der Waals surface area contributed by atoms with Crippen LogP contribution in [0.25, 0.3) is 0 Å². The third kappa shape index (κ3) is 4.54. The van der Waals surface area contributed by atoms with E-state index in [1.165, 1.54) is 26.1 Å². The van der Waals surface area contributed by atoms with Crippen molar-refractivity contribution in [3.8, 4) is 0 Å². The summed E-state index contributed by atoms with van der Waals surface area (Å²) < 4.78 is 5.09. The lowest BCUT2D eigenvalue weighted by atomic mass is 10.2. The highest BCUT2D eigenvalue weighted by atomic mass is 16.5. The largest absolute Gasteiger partial charge is 0.448 e. The first-order chi connectivity index (χ1) is 11.0. The van der Waals surface area contributed by atoms with Gasteiger partial charge in [0.2, 0.25) is 0 Å². The number of H-pyrrole nitrogens is 1. The summed E-state index contributed by atoms with van der Waals surface area (Å²) in [5, 5.41) is 2.70. The van der Waals surface area contributed by atoms with Crippen LogP contribution in [0.4, 0.5) is 0 Å². The first kappa shape index (κ1) is 16.5. The summed E-state index contributed by atoms with van der Waals surface area (Å²) in [5.74, 6) is -1.23. The summed E-state index contributed by atoms with van der Waals surface area (Å²) in [6.45, 7) is 3.25. The second kappa shape index (κ2) is 7.40. The number of aromatic amines is 1. The van der Waals surface area contributed by atoms with E-state index >= 15 is 0 Å². The monoisotopic (exact) mass is 314 g/mol. The molecular weight excluding hydrogens is 296 g/mol. The van der Waals surface area contributed by atoms with Gasteiger partial charge in [0.05, 0.1) is 0 Å². The van der Waals surface area contributed by atoms with Gasteiger partial charge >= 0.3 is 5.97 Å². The van der Waals surface area contributed by atoms with Crippen molar-refractivity contribution < 1.29 is 19.1 Å². The number of rotatable bonds is 6. The van der Waals surface area contributed by atoms with E-state index in [1.807, 2.05) is 30.3 Å². The van der Waals surface area contributed by atoms with Crippen molar-refractivity contribution in [3.63, 3.8) is 0 Å². The van der Waals surface area contributed by atoms with Crippen molar-refractivity contribution in [1.82, 2.24) is 10.3 Å². The minimum Gasteiger partial charge on any atom is -0.448 e. The molecule has 0 aliphatic rings. The summed E-state index contributed by atoms with van der Waals surface area (Å²) >= 11 is 0. The molecule has 0 fully saturated rings. The van der Waals surface area contributed by atoms with E-state index < -0.39 is 12.1 Å². The molecule has 2 N–H and O–H groups in total. The minimum absolute atomic E-state index is 0.137. The highest BCUT2D eigenvalue weighted by molar-refractivity contribution is 5.98. The van der Waals surface area contributed by atoms with Crippen LogP contribution in [0, 0.1) is 0 Å². The van der Waals surface area contributed by atoms with E-state index in [0.29, 0.717) is 12.1 Å². The Balaban J connectivity index is 1.87. The summed E-state index contributed by atoms with van der Waals surface area (Å²) in [5.41, 5.74) is 1.48. The molecule has 1 amide bonds. The number of ketones is 1. The molecule has 0 radical (unpaired) electrons. The standard InChI is InChI=1S/C17H18N2O4/c1-11(20)14-8-15(18-10-14)17(22)23-12(2)16(21)19-9-13-6-4-3-5-7-13/h3-8,10,12,18H,9H2,1-2H3,(H,19,21)/t12-/m1/s1. The Bertz CT molecular complexity index is 706. The molecule has 0 bridgehead atoms. The highest BCUT2D eigenvalue weighted by Gasteiger charge is 2.20. The van der Waals surface area contributed by atoms with Gasteiger partial charge in [-0.15, -0.1) is 0 Å². The van der Waals surface area contributed by atoms with Crippen LogP contribution in [0.5, 0.6) is 0 Å². The molecule has 1 aromatic heterocycles. The molecule has 0 aliphatic heterocycles. The first-order valence-electron chi connectivity index (χ1n) is 7.19. The van der Waals surface area contributed by atoms with Crippen LogP contribution in [0.1, 0.15) is 40.3 Å². The number of benzene rings is 1. The molecule has 23 heavy (non-hydrogen) atoms. The van der Waals surface area contributed by atoms with Crippen LogP contribution >= 0.6 is 0 Å². The third-order valence-corrected chi connectivity index (χ3v) is 3.27. The average Bonchev–Trinajstić information content (AvgIpc) is 3.04. The van der Waals surface area contributed by atoms with Gasteiger partial charge in [-0.2, -0.15) is 0 Å². The summed E-state index contributed by atoms with van der Waals surface area (Å²) in [7, 11) is 0. The maximum Gasteiger partial charge on any atom is 0.355 e. The van der Waals surface area contributed by atoms with E-state index in [0.717, 1.165) is 5.56 Å². The SMILES string of the molecule is CC(=O)c1c[nH]c(C(=O)O[C@H](C)C(=O)NCc2ccccc2)c1. The lowest BCUT2D eigenvalue weighted by Crippen LogP contribution is -2.35. The number of carbonyl (C=O) groups is 3. The Labute approximate surface area is 133 Å². The Morgan fingerprint density at radius 2 is 1.91 bits per heavy atom. The molecule has 0 saturated heterocycles. The molecule has 1 atom stereocenters. The topological polar surface area (TPSA) is 88.3 Å². The average molecular weight is 314 g/mol. The zero-order chi connectivity index (χ0) is 16.8.